The van der Waals surface area contributed by atoms with Gasteiger partial charge in [0, 0.05) is 32.8 Å². The molecule has 0 spiro atoms. The maximum absolute atomic E-state index is 12.1. The molecule has 1 aromatic heterocycles. The third-order valence-electron chi connectivity index (χ3n) is 3.12. The Hall–Kier alpha value is -1.47. The summed E-state index contributed by atoms with van der Waals surface area (Å²) in [5.41, 5.74) is 0.377. The van der Waals surface area contributed by atoms with Crippen molar-refractivity contribution in [1.82, 2.24) is 25.2 Å². The van der Waals surface area contributed by atoms with Gasteiger partial charge >= 0.3 is 0 Å². The number of nitrogens with one attached hydrogen (secondary N) is 1. The lowest BCUT2D eigenvalue weighted by Gasteiger charge is -2.26. The molecule has 2 heterocycles. The predicted molar refractivity (Wildman–Crippen MR) is 65.2 cm³/mol. The number of aliphatic hydroxyl groups excluding tert-OH is 1. The number of aliphatic hydroxyl groups is 1. The topological polar surface area (TPSA) is 83.3 Å². The van der Waals surface area contributed by atoms with Gasteiger partial charge in [0.15, 0.2) is 5.69 Å². The normalized spacial score (nSPS) is 15.4. The Bertz CT molecular complexity index is 402. The van der Waals surface area contributed by atoms with Gasteiger partial charge in [0.25, 0.3) is 5.91 Å². The van der Waals surface area contributed by atoms with E-state index in [0.29, 0.717) is 31.2 Å². The first kappa shape index (κ1) is 13.0. The average Bonchev–Trinajstić information content (AvgIpc) is 2.76. The second-order valence-electron chi connectivity index (χ2n) is 4.36. The van der Waals surface area contributed by atoms with Gasteiger partial charge in [-0.05, 0) is 13.3 Å². The highest BCUT2D eigenvalue weighted by Crippen LogP contribution is 2.11. The zero-order valence-electron chi connectivity index (χ0n) is 10.5. The molecule has 18 heavy (non-hydrogen) atoms. The highest BCUT2D eigenvalue weighted by Gasteiger charge is 2.23. The van der Waals surface area contributed by atoms with Crippen molar-refractivity contribution in [1.29, 1.82) is 0 Å². The lowest BCUT2D eigenvalue weighted by atomic mass is 10.2. The molecule has 1 saturated heterocycles. The van der Waals surface area contributed by atoms with Crippen LogP contribution in [0.4, 0.5) is 0 Å². The number of rotatable bonds is 6. The van der Waals surface area contributed by atoms with Crippen LogP contribution in [0.25, 0.3) is 0 Å². The number of amides is 1. The molecule has 1 fully saturated rings. The van der Waals surface area contributed by atoms with Gasteiger partial charge in [0.2, 0.25) is 0 Å². The van der Waals surface area contributed by atoms with Crippen LogP contribution in [0.1, 0.15) is 29.9 Å². The molecule has 0 saturated carbocycles. The van der Waals surface area contributed by atoms with Gasteiger partial charge < -0.3 is 15.3 Å². The van der Waals surface area contributed by atoms with E-state index in [-0.39, 0.29) is 12.5 Å². The molecular formula is C11H19N5O2. The van der Waals surface area contributed by atoms with Crippen LogP contribution in [0.15, 0.2) is 6.20 Å². The second-order valence-corrected chi connectivity index (χ2v) is 4.36. The Kier molecular flexibility index (Phi) is 4.27. The minimum atomic E-state index is -0.121. The van der Waals surface area contributed by atoms with E-state index < -0.39 is 0 Å². The molecule has 7 nitrogen and oxygen atoms in total. The van der Waals surface area contributed by atoms with Crippen LogP contribution in [0, 0.1) is 0 Å². The first-order valence-corrected chi connectivity index (χ1v) is 6.29. The molecule has 1 aliphatic heterocycles. The van der Waals surface area contributed by atoms with Crippen LogP contribution in [-0.2, 0) is 0 Å². The molecular weight excluding hydrogens is 234 g/mol. The van der Waals surface area contributed by atoms with Crippen molar-refractivity contribution >= 4 is 5.91 Å². The van der Waals surface area contributed by atoms with Crippen LogP contribution < -0.4 is 5.32 Å². The van der Waals surface area contributed by atoms with Gasteiger partial charge in [0.1, 0.15) is 0 Å². The summed E-state index contributed by atoms with van der Waals surface area (Å²) in [5.74, 6) is -0.121. The Morgan fingerprint density at radius 1 is 1.67 bits per heavy atom. The molecule has 2 N–H and O–H groups in total. The van der Waals surface area contributed by atoms with Crippen molar-refractivity contribution in [3.8, 4) is 0 Å². The number of hydrogen-bond donors (Lipinski definition) is 2. The first-order chi connectivity index (χ1) is 8.76. The second kappa shape index (κ2) is 5.92. The van der Waals surface area contributed by atoms with Gasteiger partial charge in [-0.1, -0.05) is 5.21 Å². The van der Waals surface area contributed by atoms with Gasteiger partial charge in [-0.15, -0.1) is 5.10 Å². The number of carbonyl (C=O) groups excluding carboxylic acids is 1. The van der Waals surface area contributed by atoms with Crippen molar-refractivity contribution in [2.75, 3.05) is 32.8 Å². The maximum atomic E-state index is 12.1. The highest BCUT2D eigenvalue weighted by atomic mass is 16.3. The van der Waals surface area contributed by atoms with E-state index in [2.05, 4.69) is 15.6 Å². The lowest BCUT2D eigenvalue weighted by Crippen LogP contribution is -2.43. The standard InChI is InChI=1S/C11H19N5O2/c1-2-15(4-3-5-17)11(18)10-8-16(14-13-10)9-6-12-7-9/h8-9,12,17H,2-7H2,1H3. The van der Waals surface area contributed by atoms with Gasteiger partial charge in [-0.2, -0.15) is 0 Å². The zero-order valence-corrected chi connectivity index (χ0v) is 10.5. The smallest absolute Gasteiger partial charge is 0.276 e. The molecule has 1 aromatic rings. The summed E-state index contributed by atoms with van der Waals surface area (Å²) in [7, 11) is 0. The molecule has 7 heteroatoms. The Labute approximate surface area is 106 Å². The molecule has 0 atom stereocenters. The van der Waals surface area contributed by atoms with Gasteiger partial charge in [-0.25, -0.2) is 4.68 Å². The van der Waals surface area contributed by atoms with Crippen LogP contribution >= 0.6 is 0 Å². The molecule has 1 aliphatic rings. The molecule has 0 bridgehead atoms. The van der Waals surface area contributed by atoms with Crippen LogP contribution in [0.5, 0.6) is 0 Å². The summed E-state index contributed by atoms with van der Waals surface area (Å²) in [6, 6.07) is 0.312. The minimum absolute atomic E-state index is 0.0875. The quantitative estimate of drug-likeness (QED) is 0.698. The Morgan fingerprint density at radius 2 is 2.44 bits per heavy atom. The SMILES string of the molecule is CCN(CCCO)C(=O)c1cn(C2CNC2)nn1. The fraction of sp³-hybridized carbons (Fsp3) is 0.727. The lowest BCUT2D eigenvalue weighted by molar-refractivity contribution is 0.0748. The fourth-order valence-electron chi connectivity index (χ4n) is 1.84. The summed E-state index contributed by atoms with van der Waals surface area (Å²) < 4.78 is 1.74. The summed E-state index contributed by atoms with van der Waals surface area (Å²) in [5, 5.41) is 19.9. The number of carbonyl (C=O) groups is 1. The average molecular weight is 253 g/mol. The van der Waals surface area contributed by atoms with Crippen LogP contribution in [-0.4, -0.2) is 63.7 Å². The fourth-order valence-corrected chi connectivity index (χ4v) is 1.84. The maximum Gasteiger partial charge on any atom is 0.276 e. The van der Waals surface area contributed by atoms with Crippen molar-refractivity contribution < 1.29 is 9.90 Å². The summed E-state index contributed by atoms with van der Waals surface area (Å²) in [6.07, 6.45) is 2.29. The molecule has 1 amide bonds. The summed E-state index contributed by atoms with van der Waals surface area (Å²) >= 11 is 0. The largest absolute Gasteiger partial charge is 0.396 e. The van der Waals surface area contributed by atoms with E-state index in [1.807, 2.05) is 6.92 Å². The molecule has 0 aromatic carbocycles. The van der Waals surface area contributed by atoms with Crippen molar-refractivity contribution in [3.63, 3.8) is 0 Å². The number of hydrogen-bond acceptors (Lipinski definition) is 5. The Balaban J connectivity index is 2.00. The number of aromatic nitrogens is 3. The van der Waals surface area contributed by atoms with Crippen molar-refractivity contribution in [2.45, 2.75) is 19.4 Å². The zero-order chi connectivity index (χ0) is 13.0. The third kappa shape index (κ3) is 2.68. The van der Waals surface area contributed by atoms with Crippen LogP contribution in [0.3, 0.4) is 0 Å². The number of nitrogens with zero attached hydrogens (tertiary/aromatic N) is 4. The van der Waals surface area contributed by atoms with Gasteiger partial charge in [0.05, 0.1) is 12.2 Å². The summed E-state index contributed by atoms with van der Waals surface area (Å²) in [4.78, 5) is 13.8. The predicted octanol–water partition coefficient (Wildman–Crippen LogP) is -0.733. The van der Waals surface area contributed by atoms with E-state index in [1.54, 1.807) is 15.8 Å². The first-order valence-electron chi connectivity index (χ1n) is 6.29. The third-order valence-corrected chi connectivity index (χ3v) is 3.12. The molecule has 0 unspecified atom stereocenters. The van der Waals surface area contributed by atoms with E-state index in [4.69, 9.17) is 5.11 Å². The molecule has 0 aliphatic carbocycles. The van der Waals surface area contributed by atoms with Crippen molar-refractivity contribution in [2.24, 2.45) is 0 Å². The molecule has 2 rings (SSSR count). The van der Waals surface area contributed by atoms with E-state index in [0.717, 1.165) is 13.1 Å². The Morgan fingerprint density at radius 3 is 3.00 bits per heavy atom. The van der Waals surface area contributed by atoms with Crippen molar-refractivity contribution in [3.05, 3.63) is 11.9 Å². The van der Waals surface area contributed by atoms with E-state index in [1.165, 1.54) is 0 Å². The van der Waals surface area contributed by atoms with Gasteiger partial charge in [-0.3, -0.25) is 4.79 Å². The highest BCUT2D eigenvalue weighted by molar-refractivity contribution is 5.91. The summed E-state index contributed by atoms with van der Waals surface area (Å²) in [6.45, 7) is 4.90. The van der Waals surface area contributed by atoms with E-state index >= 15 is 0 Å². The minimum Gasteiger partial charge on any atom is -0.396 e. The van der Waals surface area contributed by atoms with E-state index in [9.17, 15) is 4.79 Å². The molecule has 100 valence electrons. The van der Waals surface area contributed by atoms with Crippen LogP contribution in [0.2, 0.25) is 0 Å². The monoisotopic (exact) mass is 253 g/mol. The molecule has 0 radical (unpaired) electrons.